The van der Waals surface area contributed by atoms with Crippen molar-refractivity contribution < 1.29 is 14.6 Å². The van der Waals surface area contributed by atoms with Gasteiger partial charge < -0.3 is 15.2 Å². The quantitative estimate of drug-likeness (QED) is 0.700. The van der Waals surface area contributed by atoms with Gasteiger partial charge in [0.1, 0.15) is 18.0 Å². The van der Waals surface area contributed by atoms with Crippen LogP contribution in [0.1, 0.15) is 24.0 Å². The Morgan fingerprint density at radius 1 is 1.20 bits per heavy atom. The smallest absolute Gasteiger partial charge is 0.224 e. The predicted molar refractivity (Wildman–Crippen MR) is 115 cm³/mol. The van der Waals surface area contributed by atoms with Crippen LogP contribution in [-0.2, 0) is 17.8 Å². The van der Waals surface area contributed by atoms with E-state index in [-0.39, 0.29) is 12.0 Å². The Morgan fingerprint density at radius 3 is 3.03 bits per heavy atom. The summed E-state index contributed by atoms with van der Waals surface area (Å²) in [4.78, 5) is 18.1. The van der Waals surface area contributed by atoms with Crippen LogP contribution in [0.4, 0.5) is 5.69 Å². The van der Waals surface area contributed by atoms with Gasteiger partial charge in [-0.2, -0.15) is 0 Å². The summed E-state index contributed by atoms with van der Waals surface area (Å²) in [6, 6.07) is 14.1. The molecule has 30 heavy (non-hydrogen) atoms. The number of aryl methyl sites for hydroxylation is 1. The number of benzene rings is 2. The van der Waals surface area contributed by atoms with Crippen LogP contribution in [0.15, 0.2) is 54.9 Å². The molecule has 2 aromatic carbocycles. The van der Waals surface area contributed by atoms with Gasteiger partial charge in [-0.25, -0.2) is 0 Å². The molecule has 0 bridgehead atoms. The highest BCUT2D eigenvalue weighted by atomic mass is 16.5. The van der Waals surface area contributed by atoms with Gasteiger partial charge in [0, 0.05) is 55.6 Å². The molecule has 154 valence electrons. The third-order valence-electron chi connectivity index (χ3n) is 6.03. The predicted octanol–water partition coefficient (Wildman–Crippen LogP) is 3.13. The van der Waals surface area contributed by atoms with Crippen molar-refractivity contribution in [3.8, 4) is 5.75 Å². The van der Waals surface area contributed by atoms with Crippen molar-refractivity contribution in [2.45, 2.75) is 38.0 Å². The van der Waals surface area contributed by atoms with Crippen molar-refractivity contribution in [2.75, 3.05) is 18.4 Å². The number of likely N-dealkylation sites (tertiary alicyclic amines) is 1. The average Bonchev–Trinajstić information content (AvgIpc) is 2.76. The minimum atomic E-state index is -0.569. The third kappa shape index (κ3) is 3.88. The molecule has 0 unspecified atom stereocenters. The molecule has 6 heteroatoms. The zero-order valence-electron chi connectivity index (χ0n) is 16.8. The summed E-state index contributed by atoms with van der Waals surface area (Å²) in [6.45, 7) is 2.20. The van der Waals surface area contributed by atoms with Crippen molar-refractivity contribution in [2.24, 2.45) is 0 Å². The molecule has 3 heterocycles. The minimum absolute atomic E-state index is 0.0391. The molecule has 0 saturated carbocycles. The highest BCUT2D eigenvalue weighted by Gasteiger charge is 2.30. The van der Waals surface area contributed by atoms with E-state index >= 15 is 0 Å². The number of pyridine rings is 1. The second kappa shape index (κ2) is 8.05. The summed E-state index contributed by atoms with van der Waals surface area (Å²) in [5.41, 5.74) is 3.19. The zero-order valence-corrected chi connectivity index (χ0v) is 16.8. The number of carbonyl (C=O) groups is 1. The van der Waals surface area contributed by atoms with E-state index in [1.165, 1.54) is 10.9 Å². The number of hydrogen-bond acceptors (Lipinski definition) is 5. The highest BCUT2D eigenvalue weighted by Crippen LogP contribution is 2.29. The molecule has 1 aromatic heterocycles. The Bertz CT molecular complexity index is 1080. The van der Waals surface area contributed by atoms with Crippen LogP contribution in [0.3, 0.4) is 0 Å². The van der Waals surface area contributed by atoms with E-state index in [4.69, 9.17) is 4.74 Å². The Labute approximate surface area is 175 Å². The molecule has 1 saturated heterocycles. The standard InChI is InChI=1S/C24H25N3O3/c28-22-15-27(14-18-3-1-2-17-13-25-10-8-20(17)18)11-9-23(22)30-19-6-4-16-5-7-24(29)26-21(16)12-19/h1-4,6,8,10,12-13,22-23,28H,5,7,9,11,14-15H2,(H,26,29)/t22-,23-/m1/s1. The number of fused-ring (bicyclic) bond motifs is 2. The summed E-state index contributed by atoms with van der Waals surface area (Å²) in [7, 11) is 0. The Morgan fingerprint density at radius 2 is 2.13 bits per heavy atom. The molecule has 1 fully saturated rings. The first-order valence-electron chi connectivity index (χ1n) is 10.5. The Hall–Kier alpha value is -2.96. The van der Waals surface area contributed by atoms with E-state index in [2.05, 4.69) is 33.4 Å². The maximum absolute atomic E-state index is 11.6. The lowest BCUT2D eigenvalue weighted by Gasteiger charge is -2.36. The van der Waals surface area contributed by atoms with Crippen LogP contribution >= 0.6 is 0 Å². The molecule has 3 aromatic rings. The number of nitrogens with one attached hydrogen (secondary N) is 1. The van der Waals surface area contributed by atoms with Gasteiger partial charge in [-0.1, -0.05) is 24.3 Å². The number of aliphatic hydroxyl groups is 1. The van der Waals surface area contributed by atoms with Crippen LogP contribution in [0.2, 0.25) is 0 Å². The lowest BCUT2D eigenvalue weighted by Crippen LogP contribution is -2.48. The number of aromatic nitrogens is 1. The maximum atomic E-state index is 11.6. The van der Waals surface area contributed by atoms with Crippen LogP contribution in [0.5, 0.6) is 5.75 Å². The molecule has 5 rings (SSSR count). The molecule has 0 aliphatic carbocycles. The van der Waals surface area contributed by atoms with Crippen molar-refractivity contribution in [1.82, 2.24) is 9.88 Å². The number of carbonyl (C=O) groups excluding carboxylic acids is 1. The molecule has 6 nitrogen and oxygen atoms in total. The molecule has 0 spiro atoms. The Balaban J connectivity index is 1.24. The lowest BCUT2D eigenvalue weighted by molar-refractivity contribution is -0.116. The van der Waals surface area contributed by atoms with Crippen molar-refractivity contribution in [3.63, 3.8) is 0 Å². The highest BCUT2D eigenvalue weighted by molar-refractivity contribution is 5.94. The molecular weight excluding hydrogens is 378 g/mol. The molecule has 2 N–H and O–H groups in total. The van der Waals surface area contributed by atoms with Gasteiger partial charge >= 0.3 is 0 Å². The summed E-state index contributed by atoms with van der Waals surface area (Å²) in [6.07, 6.45) is 4.91. The van der Waals surface area contributed by atoms with Crippen molar-refractivity contribution >= 4 is 22.4 Å². The summed E-state index contributed by atoms with van der Waals surface area (Å²) in [5.74, 6) is 0.729. The maximum Gasteiger partial charge on any atom is 0.224 e. The largest absolute Gasteiger partial charge is 0.488 e. The number of hydrogen-bond donors (Lipinski definition) is 2. The molecule has 2 atom stereocenters. The molecule has 2 aliphatic rings. The van der Waals surface area contributed by atoms with Gasteiger partial charge in [-0.15, -0.1) is 0 Å². The van der Waals surface area contributed by atoms with E-state index in [9.17, 15) is 9.90 Å². The van der Waals surface area contributed by atoms with E-state index in [0.29, 0.717) is 18.7 Å². The lowest BCUT2D eigenvalue weighted by atomic mass is 10.0. The number of ether oxygens (including phenoxy) is 1. The fraction of sp³-hybridized carbons (Fsp3) is 0.333. The Kier molecular flexibility index (Phi) is 5.11. The van der Waals surface area contributed by atoms with Gasteiger partial charge in [0.05, 0.1) is 0 Å². The monoisotopic (exact) mass is 403 g/mol. The SMILES string of the molecule is O=C1CCc2ccc(O[C@@H]3CCN(Cc4cccc5cnccc45)C[C@H]3O)cc2N1. The van der Waals surface area contributed by atoms with Crippen LogP contribution in [0.25, 0.3) is 10.8 Å². The number of rotatable bonds is 4. The van der Waals surface area contributed by atoms with Crippen LogP contribution < -0.4 is 10.1 Å². The topological polar surface area (TPSA) is 74.7 Å². The second-order valence-corrected chi connectivity index (χ2v) is 8.13. The second-order valence-electron chi connectivity index (χ2n) is 8.13. The first-order chi connectivity index (χ1) is 14.7. The van der Waals surface area contributed by atoms with Gasteiger partial charge in [-0.05, 0) is 41.5 Å². The number of anilines is 1. The number of β-amino-alcohol motifs (C(OH)–C–C–N with tert-alkyl or cyclic N) is 1. The summed E-state index contributed by atoms with van der Waals surface area (Å²) in [5, 5.41) is 16.0. The van der Waals surface area contributed by atoms with E-state index in [0.717, 1.165) is 42.6 Å². The molecule has 1 amide bonds. The van der Waals surface area contributed by atoms with Gasteiger partial charge in [0.15, 0.2) is 0 Å². The van der Waals surface area contributed by atoms with Crippen LogP contribution in [-0.4, -0.2) is 46.2 Å². The minimum Gasteiger partial charge on any atom is -0.488 e. The zero-order chi connectivity index (χ0) is 20.5. The normalized spacial score (nSPS) is 21.8. The van der Waals surface area contributed by atoms with Gasteiger partial charge in [0.2, 0.25) is 5.91 Å². The number of amides is 1. The van der Waals surface area contributed by atoms with Crippen molar-refractivity contribution in [1.29, 1.82) is 0 Å². The van der Waals surface area contributed by atoms with Gasteiger partial charge in [-0.3, -0.25) is 14.7 Å². The molecule has 2 aliphatic heterocycles. The number of piperidine rings is 1. The molecule has 0 radical (unpaired) electrons. The van der Waals surface area contributed by atoms with E-state index in [1.54, 1.807) is 0 Å². The third-order valence-corrected chi connectivity index (χ3v) is 6.03. The number of nitrogens with zero attached hydrogens (tertiary/aromatic N) is 2. The first-order valence-corrected chi connectivity index (χ1v) is 10.5. The average molecular weight is 403 g/mol. The van der Waals surface area contributed by atoms with Crippen molar-refractivity contribution in [3.05, 3.63) is 66.0 Å². The van der Waals surface area contributed by atoms with Crippen LogP contribution in [0, 0.1) is 0 Å². The summed E-state index contributed by atoms with van der Waals surface area (Å²) < 4.78 is 6.10. The summed E-state index contributed by atoms with van der Waals surface area (Å²) >= 11 is 0. The van der Waals surface area contributed by atoms with E-state index in [1.807, 2.05) is 36.7 Å². The molecular formula is C24H25N3O3. The van der Waals surface area contributed by atoms with E-state index < -0.39 is 6.10 Å². The fourth-order valence-corrected chi connectivity index (χ4v) is 4.42. The van der Waals surface area contributed by atoms with Gasteiger partial charge in [0.25, 0.3) is 0 Å². The fourth-order valence-electron chi connectivity index (χ4n) is 4.42. The first kappa shape index (κ1) is 19.0. The number of aliphatic hydroxyl groups excluding tert-OH is 1.